The van der Waals surface area contributed by atoms with Crippen LogP contribution in [0.15, 0.2) is 0 Å². The number of carbonyl (C=O) groups is 1. The minimum absolute atomic E-state index is 0.156. The lowest BCUT2D eigenvalue weighted by atomic mass is 10.4. The minimum atomic E-state index is -0.499. The van der Waals surface area contributed by atoms with Gasteiger partial charge in [-0.25, -0.2) is 4.79 Å². The summed E-state index contributed by atoms with van der Waals surface area (Å²) in [5, 5.41) is 14.2. The van der Waals surface area contributed by atoms with Crippen LogP contribution in [0.3, 0.4) is 0 Å². The van der Waals surface area contributed by atoms with Crippen molar-refractivity contribution in [2.24, 2.45) is 0 Å². The fourth-order valence-electron chi connectivity index (χ4n) is 0.807. The second kappa shape index (κ2) is 7.03. The number of amides is 2. The SMILES string of the molecule is CSC[C@H](C)NC(=O)NC[C@@H](C)O. The van der Waals surface area contributed by atoms with Gasteiger partial charge in [0.15, 0.2) is 0 Å². The maximum absolute atomic E-state index is 11.1. The molecule has 0 saturated carbocycles. The van der Waals surface area contributed by atoms with Gasteiger partial charge in [0.05, 0.1) is 6.10 Å². The third kappa shape index (κ3) is 7.93. The molecule has 4 nitrogen and oxygen atoms in total. The number of aliphatic hydroxyl groups is 1. The molecule has 0 aliphatic carbocycles. The Hall–Kier alpha value is -0.420. The van der Waals surface area contributed by atoms with E-state index in [-0.39, 0.29) is 18.6 Å². The van der Waals surface area contributed by atoms with Crippen LogP contribution >= 0.6 is 11.8 Å². The summed E-state index contributed by atoms with van der Waals surface area (Å²) in [6.07, 6.45) is 1.49. The second-order valence-electron chi connectivity index (χ2n) is 3.06. The lowest BCUT2D eigenvalue weighted by molar-refractivity contribution is 0.187. The van der Waals surface area contributed by atoms with Gasteiger partial charge in [-0.05, 0) is 20.1 Å². The molecule has 78 valence electrons. The molecule has 0 aromatic heterocycles. The highest BCUT2D eigenvalue weighted by molar-refractivity contribution is 7.98. The van der Waals surface area contributed by atoms with Crippen LogP contribution < -0.4 is 10.6 Å². The van der Waals surface area contributed by atoms with Crippen molar-refractivity contribution >= 4 is 17.8 Å². The lowest BCUT2D eigenvalue weighted by Gasteiger charge is -2.13. The predicted molar refractivity (Wildman–Crippen MR) is 56.1 cm³/mol. The number of carbonyl (C=O) groups excluding carboxylic acids is 1. The summed E-state index contributed by atoms with van der Waals surface area (Å²) in [6.45, 7) is 3.86. The van der Waals surface area contributed by atoms with E-state index in [0.717, 1.165) is 5.75 Å². The molecule has 2 amide bonds. The van der Waals surface area contributed by atoms with E-state index in [0.29, 0.717) is 0 Å². The van der Waals surface area contributed by atoms with Gasteiger partial charge >= 0.3 is 6.03 Å². The van der Waals surface area contributed by atoms with E-state index in [1.807, 2.05) is 13.2 Å². The number of hydrogen-bond acceptors (Lipinski definition) is 3. The molecule has 3 N–H and O–H groups in total. The molecule has 0 aromatic rings. The van der Waals surface area contributed by atoms with Gasteiger partial charge in [0.2, 0.25) is 0 Å². The Bertz CT molecular complexity index is 153. The number of aliphatic hydroxyl groups excluding tert-OH is 1. The molecule has 0 aromatic carbocycles. The van der Waals surface area contributed by atoms with Gasteiger partial charge in [-0.3, -0.25) is 0 Å². The van der Waals surface area contributed by atoms with Crippen LogP contribution in [0.4, 0.5) is 4.79 Å². The highest BCUT2D eigenvalue weighted by Gasteiger charge is 2.06. The van der Waals surface area contributed by atoms with Gasteiger partial charge in [0.25, 0.3) is 0 Å². The summed E-state index contributed by atoms with van der Waals surface area (Å²) < 4.78 is 0. The number of urea groups is 1. The Balaban J connectivity index is 3.50. The lowest BCUT2D eigenvalue weighted by Crippen LogP contribution is -2.43. The molecule has 2 atom stereocenters. The molecule has 0 rings (SSSR count). The Morgan fingerprint density at radius 1 is 1.54 bits per heavy atom. The topological polar surface area (TPSA) is 61.4 Å². The van der Waals surface area contributed by atoms with Gasteiger partial charge in [-0.2, -0.15) is 11.8 Å². The Morgan fingerprint density at radius 2 is 2.15 bits per heavy atom. The van der Waals surface area contributed by atoms with E-state index >= 15 is 0 Å². The van der Waals surface area contributed by atoms with Crippen molar-refractivity contribution in [3.63, 3.8) is 0 Å². The summed E-state index contributed by atoms with van der Waals surface area (Å²) in [7, 11) is 0. The normalized spacial score (nSPS) is 14.8. The summed E-state index contributed by atoms with van der Waals surface area (Å²) in [5.74, 6) is 0.891. The van der Waals surface area contributed by atoms with Gasteiger partial charge < -0.3 is 15.7 Å². The first-order chi connectivity index (χ1) is 6.06. The van der Waals surface area contributed by atoms with E-state index in [4.69, 9.17) is 5.11 Å². The zero-order valence-corrected chi connectivity index (χ0v) is 9.15. The van der Waals surface area contributed by atoms with Crippen LogP contribution in [-0.2, 0) is 0 Å². The molecule has 13 heavy (non-hydrogen) atoms. The van der Waals surface area contributed by atoms with Crippen LogP contribution in [0.5, 0.6) is 0 Å². The number of thioether (sulfide) groups is 1. The third-order valence-electron chi connectivity index (χ3n) is 1.35. The molecule has 5 heteroatoms. The summed E-state index contributed by atoms with van der Waals surface area (Å²) in [4.78, 5) is 11.1. The maximum atomic E-state index is 11.1. The van der Waals surface area contributed by atoms with Crippen molar-refractivity contribution in [2.45, 2.75) is 26.0 Å². The maximum Gasteiger partial charge on any atom is 0.315 e. The standard InChI is InChI=1S/C8H18N2O2S/c1-6(5-13-3)10-8(12)9-4-7(2)11/h6-7,11H,4-5H2,1-3H3,(H2,9,10,12)/t6-,7+/m0/s1. The van der Waals surface area contributed by atoms with E-state index in [1.165, 1.54) is 0 Å². The first-order valence-corrected chi connectivity index (χ1v) is 5.67. The molecule has 0 radical (unpaired) electrons. The first-order valence-electron chi connectivity index (χ1n) is 4.27. The Labute approximate surface area is 83.5 Å². The minimum Gasteiger partial charge on any atom is -0.392 e. The van der Waals surface area contributed by atoms with Crippen molar-refractivity contribution in [2.75, 3.05) is 18.6 Å². The van der Waals surface area contributed by atoms with Crippen molar-refractivity contribution in [1.29, 1.82) is 0 Å². The molecule has 0 aliphatic rings. The average molecular weight is 206 g/mol. The molecule has 0 bridgehead atoms. The second-order valence-corrected chi connectivity index (χ2v) is 3.97. The van der Waals surface area contributed by atoms with E-state index < -0.39 is 6.10 Å². The van der Waals surface area contributed by atoms with Crippen LogP contribution in [0.2, 0.25) is 0 Å². The summed E-state index contributed by atoms with van der Waals surface area (Å²) in [6, 6.07) is -0.0635. The van der Waals surface area contributed by atoms with Gasteiger partial charge in [0.1, 0.15) is 0 Å². The Morgan fingerprint density at radius 3 is 2.62 bits per heavy atom. The molecule has 0 fully saturated rings. The zero-order chi connectivity index (χ0) is 10.3. The predicted octanol–water partition coefficient (Wildman–Crippen LogP) is 0.418. The molecule has 0 saturated heterocycles. The molecule has 0 spiro atoms. The molecular weight excluding hydrogens is 188 g/mol. The smallest absolute Gasteiger partial charge is 0.315 e. The fraction of sp³-hybridized carbons (Fsp3) is 0.875. The molecule has 0 heterocycles. The van der Waals surface area contributed by atoms with E-state index in [1.54, 1.807) is 18.7 Å². The van der Waals surface area contributed by atoms with Crippen molar-refractivity contribution in [3.05, 3.63) is 0 Å². The van der Waals surface area contributed by atoms with Crippen LogP contribution in [0.1, 0.15) is 13.8 Å². The van der Waals surface area contributed by atoms with Crippen LogP contribution in [0.25, 0.3) is 0 Å². The summed E-state index contributed by atoms with van der Waals surface area (Å²) >= 11 is 1.68. The van der Waals surface area contributed by atoms with Crippen molar-refractivity contribution in [1.82, 2.24) is 10.6 Å². The number of rotatable bonds is 5. The van der Waals surface area contributed by atoms with Gasteiger partial charge in [0, 0.05) is 18.3 Å². The quantitative estimate of drug-likeness (QED) is 0.611. The van der Waals surface area contributed by atoms with Crippen LogP contribution in [0, 0.1) is 0 Å². The van der Waals surface area contributed by atoms with Crippen molar-refractivity contribution in [3.8, 4) is 0 Å². The monoisotopic (exact) mass is 206 g/mol. The number of hydrogen-bond donors (Lipinski definition) is 3. The highest BCUT2D eigenvalue weighted by atomic mass is 32.2. The molecular formula is C8H18N2O2S. The first kappa shape index (κ1) is 12.6. The third-order valence-corrected chi connectivity index (χ3v) is 2.19. The van der Waals surface area contributed by atoms with Gasteiger partial charge in [-0.1, -0.05) is 0 Å². The van der Waals surface area contributed by atoms with E-state index in [9.17, 15) is 4.79 Å². The van der Waals surface area contributed by atoms with Crippen molar-refractivity contribution < 1.29 is 9.90 Å². The zero-order valence-electron chi connectivity index (χ0n) is 8.33. The molecule has 0 aliphatic heterocycles. The van der Waals surface area contributed by atoms with Gasteiger partial charge in [-0.15, -0.1) is 0 Å². The Kier molecular flexibility index (Phi) is 6.80. The fourth-order valence-corrected chi connectivity index (χ4v) is 1.39. The highest BCUT2D eigenvalue weighted by Crippen LogP contribution is 1.95. The molecule has 0 unspecified atom stereocenters. The van der Waals surface area contributed by atoms with E-state index in [2.05, 4.69) is 10.6 Å². The largest absolute Gasteiger partial charge is 0.392 e. The summed E-state index contributed by atoms with van der Waals surface area (Å²) in [5.41, 5.74) is 0. The number of nitrogens with one attached hydrogen (secondary N) is 2. The average Bonchev–Trinajstić information content (AvgIpc) is 2.01. The van der Waals surface area contributed by atoms with Crippen LogP contribution in [-0.4, -0.2) is 41.8 Å².